The molecule has 2 nitrogen and oxygen atoms in total. The van der Waals surface area contributed by atoms with Gasteiger partial charge < -0.3 is 9.71 Å². The van der Waals surface area contributed by atoms with Crippen LogP contribution in [0.25, 0.3) is 22.3 Å². The Hall–Kier alpha value is -5.02. The van der Waals surface area contributed by atoms with Crippen LogP contribution in [0, 0.1) is 6.92 Å². The molecule has 2 aliphatic heterocycles. The molecule has 0 aromatic heterocycles. The number of benzene rings is 6. The van der Waals surface area contributed by atoms with Crippen molar-refractivity contribution < 1.29 is 0 Å². The molecule has 1 aliphatic carbocycles. The molecule has 43 heavy (non-hydrogen) atoms. The van der Waals surface area contributed by atoms with Gasteiger partial charge in [-0.2, -0.15) is 0 Å². The van der Waals surface area contributed by atoms with Crippen LogP contribution in [0.1, 0.15) is 30.5 Å². The van der Waals surface area contributed by atoms with Crippen molar-refractivity contribution >= 4 is 46.2 Å². The van der Waals surface area contributed by atoms with Gasteiger partial charge >= 0.3 is 6.85 Å². The monoisotopic (exact) mass is 550 g/mol. The molecule has 0 fully saturated rings. The minimum absolute atomic E-state index is 0.0303. The van der Waals surface area contributed by atoms with Crippen molar-refractivity contribution in [2.45, 2.75) is 26.2 Å². The van der Waals surface area contributed by atoms with E-state index in [4.69, 9.17) is 0 Å². The second kappa shape index (κ2) is 8.75. The van der Waals surface area contributed by atoms with Gasteiger partial charge in [-0.15, -0.1) is 0 Å². The molecule has 0 unspecified atom stereocenters. The molecule has 0 saturated heterocycles. The van der Waals surface area contributed by atoms with E-state index in [2.05, 4.69) is 164 Å². The number of fused-ring (bicyclic) bond motifs is 7. The second-order valence-electron chi connectivity index (χ2n) is 12.7. The second-order valence-corrected chi connectivity index (χ2v) is 12.7. The van der Waals surface area contributed by atoms with E-state index in [9.17, 15) is 0 Å². The van der Waals surface area contributed by atoms with Gasteiger partial charge in [0.2, 0.25) is 0 Å². The van der Waals surface area contributed by atoms with E-state index in [0.717, 1.165) is 0 Å². The lowest BCUT2D eigenvalue weighted by atomic mass is 9.43. The minimum Gasteiger partial charge on any atom is -0.376 e. The summed E-state index contributed by atoms with van der Waals surface area (Å²) in [5.41, 5.74) is 18.2. The summed E-state index contributed by atoms with van der Waals surface area (Å²) in [7, 11) is 0. The van der Waals surface area contributed by atoms with Gasteiger partial charge in [-0.1, -0.05) is 105 Å². The lowest BCUT2D eigenvalue weighted by Gasteiger charge is -2.46. The summed E-state index contributed by atoms with van der Waals surface area (Å²) in [4.78, 5) is 5.10. The number of aryl methyl sites for hydroxylation is 1. The molecule has 0 saturated carbocycles. The van der Waals surface area contributed by atoms with Crippen molar-refractivity contribution in [3.05, 3.63) is 150 Å². The van der Waals surface area contributed by atoms with Crippen molar-refractivity contribution in [1.82, 2.24) is 0 Å². The quantitative estimate of drug-likeness (QED) is 0.199. The summed E-state index contributed by atoms with van der Waals surface area (Å²) in [5, 5.41) is 0. The Kier molecular flexibility index (Phi) is 5.00. The zero-order chi connectivity index (χ0) is 28.9. The molecule has 3 heteroatoms. The summed E-state index contributed by atoms with van der Waals surface area (Å²) >= 11 is 0. The van der Waals surface area contributed by atoms with Crippen molar-refractivity contribution in [1.29, 1.82) is 0 Å². The van der Waals surface area contributed by atoms with E-state index in [-0.39, 0.29) is 12.3 Å². The Bertz CT molecular complexity index is 2080. The van der Waals surface area contributed by atoms with Gasteiger partial charge in [0, 0.05) is 39.4 Å². The van der Waals surface area contributed by atoms with Crippen LogP contribution in [-0.4, -0.2) is 6.85 Å². The van der Waals surface area contributed by atoms with E-state index in [1.807, 2.05) is 0 Å². The molecule has 6 aromatic carbocycles. The first-order valence-corrected chi connectivity index (χ1v) is 15.2. The predicted molar refractivity (Wildman–Crippen MR) is 182 cm³/mol. The molecule has 0 N–H and O–H groups in total. The molecule has 6 aromatic rings. The molecular weight excluding hydrogens is 519 g/mol. The number of hydrogen-bond acceptors (Lipinski definition) is 2. The Labute approximate surface area is 254 Å². The van der Waals surface area contributed by atoms with Crippen LogP contribution in [0.2, 0.25) is 0 Å². The van der Waals surface area contributed by atoms with E-state index in [1.54, 1.807) is 0 Å². The third-order valence-electron chi connectivity index (χ3n) is 9.84. The Morgan fingerprint density at radius 3 is 1.93 bits per heavy atom. The summed E-state index contributed by atoms with van der Waals surface area (Å²) < 4.78 is 0. The van der Waals surface area contributed by atoms with Gasteiger partial charge in [-0.25, -0.2) is 0 Å². The third-order valence-corrected chi connectivity index (χ3v) is 9.84. The maximum atomic E-state index is 2.58. The van der Waals surface area contributed by atoms with Crippen LogP contribution in [0.5, 0.6) is 0 Å². The number of rotatable bonds is 2. The number of hydrogen-bond donors (Lipinski definition) is 0. The first kappa shape index (κ1) is 24.6. The van der Waals surface area contributed by atoms with Crippen LogP contribution < -0.4 is 20.6 Å². The highest BCUT2D eigenvalue weighted by Gasteiger charge is 2.47. The molecule has 2 heterocycles. The number of anilines is 5. The maximum Gasteiger partial charge on any atom is 0.333 e. The summed E-state index contributed by atoms with van der Waals surface area (Å²) in [6.45, 7) is 7.03. The molecule has 0 radical (unpaired) electrons. The fraction of sp³-hybridized carbons (Fsp3) is 0.100. The van der Waals surface area contributed by atoms with Crippen molar-refractivity contribution in [3.8, 4) is 22.3 Å². The van der Waals surface area contributed by atoms with E-state index < -0.39 is 0 Å². The molecule has 204 valence electrons. The van der Waals surface area contributed by atoms with Gasteiger partial charge in [0.25, 0.3) is 0 Å². The molecule has 3 aliphatic rings. The first-order chi connectivity index (χ1) is 21.0. The molecule has 0 bridgehead atoms. The molecule has 0 amide bonds. The van der Waals surface area contributed by atoms with Crippen LogP contribution in [0.3, 0.4) is 0 Å². The van der Waals surface area contributed by atoms with Gasteiger partial charge in [0.1, 0.15) is 0 Å². The maximum absolute atomic E-state index is 2.58. The molecular formula is C40H31BN2. The average molecular weight is 551 g/mol. The fourth-order valence-corrected chi connectivity index (χ4v) is 7.98. The Morgan fingerprint density at radius 1 is 0.512 bits per heavy atom. The van der Waals surface area contributed by atoms with E-state index in [1.165, 1.54) is 78.3 Å². The van der Waals surface area contributed by atoms with Gasteiger partial charge in [-0.3, -0.25) is 0 Å². The predicted octanol–water partition coefficient (Wildman–Crippen LogP) is 9.01. The van der Waals surface area contributed by atoms with Crippen LogP contribution in [-0.2, 0) is 5.41 Å². The number of para-hydroxylation sites is 3. The zero-order valence-corrected chi connectivity index (χ0v) is 24.7. The van der Waals surface area contributed by atoms with E-state index in [0.29, 0.717) is 0 Å². The van der Waals surface area contributed by atoms with Gasteiger partial charge in [0.15, 0.2) is 0 Å². The largest absolute Gasteiger partial charge is 0.376 e. The first-order valence-electron chi connectivity index (χ1n) is 15.2. The smallest absolute Gasteiger partial charge is 0.333 e. The van der Waals surface area contributed by atoms with Gasteiger partial charge in [0.05, 0.1) is 0 Å². The molecule has 0 atom stereocenters. The topological polar surface area (TPSA) is 6.48 Å². The SMILES string of the molecule is Cc1cc2c3c(c1)N(c1ccccc1)c1cc4c(cc1B3N(c1ccccc1)c1ccccc1-2)C(C)(C)c1ccccc1-4. The van der Waals surface area contributed by atoms with Crippen LogP contribution >= 0.6 is 0 Å². The highest BCUT2D eigenvalue weighted by atomic mass is 15.2. The minimum atomic E-state index is -0.0843. The Morgan fingerprint density at radius 2 is 1.16 bits per heavy atom. The van der Waals surface area contributed by atoms with Crippen molar-refractivity contribution in [2.24, 2.45) is 0 Å². The van der Waals surface area contributed by atoms with Crippen LogP contribution in [0.4, 0.5) is 28.4 Å². The van der Waals surface area contributed by atoms with Crippen molar-refractivity contribution in [2.75, 3.05) is 9.71 Å². The van der Waals surface area contributed by atoms with Crippen molar-refractivity contribution in [3.63, 3.8) is 0 Å². The lowest BCUT2D eigenvalue weighted by Crippen LogP contribution is -2.61. The molecule has 0 spiro atoms. The third kappa shape index (κ3) is 3.31. The number of nitrogens with zero attached hydrogens (tertiary/aromatic N) is 2. The molecule has 9 rings (SSSR count). The highest BCUT2D eigenvalue weighted by molar-refractivity contribution is 6.93. The lowest BCUT2D eigenvalue weighted by molar-refractivity contribution is 0.661. The summed E-state index contributed by atoms with van der Waals surface area (Å²) in [5.74, 6) is 0. The van der Waals surface area contributed by atoms with Crippen LogP contribution in [0.15, 0.2) is 133 Å². The summed E-state index contributed by atoms with van der Waals surface area (Å²) in [6, 6.07) is 49.6. The fourth-order valence-electron chi connectivity index (χ4n) is 7.98. The average Bonchev–Trinajstić information content (AvgIpc) is 3.26. The Balaban J connectivity index is 1.43. The van der Waals surface area contributed by atoms with Gasteiger partial charge in [-0.05, 0) is 93.7 Å². The van der Waals surface area contributed by atoms with E-state index >= 15 is 0 Å². The normalized spacial score (nSPS) is 14.9. The highest BCUT2D eigenvalue weighted by Crippen LogP contribution is 2.52. The summed E-state index contributed by atoms with van der Waals surface area (Å²) in [6.07, 6.45) is 0. The standard InChI is InChI=1S/C40H31BN2/c1-26-22-32-30-19-11-13-21-36(30)43(28-16-8-5-9-17-28)41-35-25-34-31(29-18-10-12-20-33(29)40(34,2)3)24-37(35)42(38(23-26)39(32)41)27-14-6-4-7-15-27/h4-25H,1-3H3. The zero-order valence-electron chi connectivity index (χ0n) is 24.7.